The van der Waals surface area contributed by atoms with Gasteiger partial charge >= 0.3 is 6.29 Å². The maximum Gasteiger partial charge on any atom is 0.587 e. The number of rotatable bonds is 0. The first-order valence-electron chi connectivity index (χ1n) is 5.07. The van der Waals surface area contributed by atoms with Crippen LogP contribution in [-0.2, 0) is 0 Å². The summed E-state index contributed by atoms with van der Waals surface area (Å²) >= 11 is 1.32. The highest BCUT2D eigenvalue weighted by molar-refractivity contribution is 7.18. The smallest absolute Gasteiger partial charge is 0.393 e. The summed E-state index contributed by atoms with van der Waals surface area (Å²) in [5, 5.41) is 0.813. The summed E-state index contributed by atoms with van der Waals surface area (Å²) in [5.41, 5.74) is 0.539. The van der Waals surface area contributed by atoms with Crippen molar-refractivity contribution in [3.63, 3.8) is 0 Å². The number of hydrogen-bond donors (Lipinski definition) is 0. The number of aromatic nitrogens is 2. The third-order valence-corrected chi connectivity index (χ3v) is 2.75. The molecule has 2 aromatic rings. The number of aryl methyl sites for hydroxylation is 1. The van der Waals surface area contributed by atoms with Gasteiger partial charge in [-0.05, 0) is 6.92 Å². The number of fused-ring (bicyclic) bond motifs is 2. The predicted octanol–water partition coefficient (Wildman–Crippen LogP) is 3.35. The van der Waals surface area contributed by atoms with Crippen LogP contribution in [0.2, 0.25) is 0 Å². The van der Waals surface area contributed by atoms with E-state index in [0.29, 0.717) is 10.3 Å². The molecule has 1 aliphatic heterocycles. The first-order valence-corrected chi connectivity index (χ1v) is 5.89. The predicted molar refractivity (Wildman–Crippen MR) is 59.7 cm³/mol. The van der Waals surface area contributed by atoms with Gasteiger partial charge in [-0.2, -0.15) is 4.98 Å². The van der Waals surface area contributed by atoms with Gasteiger partial charge in [0, 0.05) is 6.07 Å². The average Bonchev–Trinajstić information content (AvgIpc) is 2.73. The standard InChI is InChI=1S/C8H4F2N2O2S.C2H6/c1-3-11-4-2-5-6(12-7(4)15-3)14-8(9,10)13-5;1-2/h2H,1H3;1-2H3. The van der Waals surface area contributed by atoms with Crippen molar-refractivity contribution in [2.45, 2.75) is 27.1 Å². The summed E-state index contributed by atoms with van der Waals surface area (Å²) in [6, 6.07) is 1.40. The molecule has 0 atom stereocenters. The van der Waals surface area contributed by atoms with Gasteiger partial charge in [-0.15, -0.1) is 8.78 Å². The van der Waals surface area contributed by atoms with Crippen LogP contribution in [0.5, 0.6) is 11.6 Å². The molecule has 3 heterocycles. The molecule has 0 N–H and O–H groups in total. The number of halogens is 2. The van der Waals surface area contributed by atoms with E-state index >= 15 is 0 Å². The van der Waals surface area contributed by atoms with Crippen molar-refractivity contribution in [1.29, 1.82) is 0 Å². The second kappa shape index (κ2) is 4.06. The number of pyridine rings is 1. The van der Waals surface area contributed by atoms with E-state index in [0.717, 1.165) is 5.01 Å². The van der Waals surface area contributed by atoms with Gasteiger partial charge in [0.25, 0.3) is 5.88 Å². The van der Waals surface area contributed by atoms with Crippen LogP contribution in [-0.4, -0.2) is 16.3 Å². The van der Waals surface area contributed by atoms with Gasteiger partial charge in [-0.3, -0.25) is 0 Å². The van der Waals surface area contributed by atoms with Crippen molar-refractivity contribution in [2.75, 3.05) is 0 Å². The largest absolute Gasteiger partial charge is 0.587 e. The van der Waals surface area contributed by atoms with Gasteiger partial charge in [-0.25, -0.2) is 4.98 Å². The van der Waals surface area contributed by atoms with Crippen LogP contribution in [0.3, 0.4) is 0 Å². The maximum absolute atomic E-state index is 12.7. The maximum atomic E-state index is 12.7. The Hall–Kier alpha value is -1.50. The minimum Gasteiger partial charge on any atom is -0.393 e. The Labute approximate surface area is 100 Å². The average molecular weight is 260 g/mol. The molecule has 0 bridgehead atoms. The Morgan fingerprint density at radius 2 is 1.94 bits per heavy atom. The lowest BCUT2D eigenvalue weighted by molar-refractivity contribution is -0.287. The van der Waals surface area contributed by atoms with Crippen molar-refractivity contribution in [3.05, 3.63) is 11.1 Å². The van der Waals surface area contributed by atoms with Crippen LogP contribution < -0.4 is 9.47 Å². The van der Waals surface area contributed by atoms with Crippen LogP contribution in [0.25, 0.3) is 10.3 Å². The van der Waals surface area contributed by atoms with Crippen LogP contribution in [0, 0.1) is 6.92 Å². The number of nitrogens with zero attached hydrogens (tertiary/aromatic N) is 2. The Morgan fingerprint density at radius 3 is 2.65 bits per heavy atom. The molecule has 92 valence electrons. The molecule has 7 heteroatoms. The lowest BCUT2D eigenvalue weighted by Gasteiger charge is -2.03. The zero-order valence-corrected chi connectivity index (χ0v) is 10.3. The van der Waals surface area contributed by atoms with Gasteiger partial charge in [0.2, 0.25) is 0 Å². The molecule has 17 heavy (non-hydrogen) atoms. The zero-order chi connectivity index (χ0) is 12.6. The topological polar surface area (TPSA) is 44.2 Å². The highest BCUT2D eigenvalue weighted by Gasteiger charge is 2.44. The van der Waals surface area contributed by atoms with E-state index in [-0.39, 0.29) is 11.6 Å². The van der Waals surface area contributed by atoms with Crippen molar-refractivity contribution in [2.24, 2.45) is 0 Å². The fraction of sp³-hybridized carbons (Fsp3) is 0.400. The first-order chi connectivity index (χ1) is 8.03. The summed E-state index contributed by atoms with van der Waals surface area (Å²) in [4.78, 5) is 8.58. The van der Waals surface area contributed by atoms with E-state index in [1.54, 1.807) is 0 Å². The number of ether oxygens (including phenoxy) is 2. The second-order valence-corrected chi connectivity index (χ2v) is 4.20. The quantitative estimate of drug-likeness (QED) is 0.728. The normalized spacial score (nSPS) is 15.6. The molecule has 0 spiro atoms. The molecule has 2 aromatic heterocycles. The highest BCUT2D eigenvalue weighted by Crippen LogP contribution is 2.41. The summed E-state index contributed by atoms with van der Waals surface area (Å²) in [6.07, 6.45) is -3.62. The van der Waals surface area contributed by atoms with E-state index in [1.807, 2.05) is 20.8 Å². The third-order valence-electron chi connectivity index (χ3n) is 1.87. The second-order valence-electron chi connectivity index (χ2n) is 3.02. The lowest BCUT2D eigenvalue weighted by atomic mass is 10.4. The minimum absolute atomic E-state index is 0.0715. The molecular weight excluding hydrogens is 250 g/mol. The molecule has 0 radical (unpaired) electrons. The van der Waals surface area contributed by atoms with E-state index in [4.69, 9.17) is 0 Å². The number of thiazole rings is 1. The Bertz CT molecular complexity index is 511. The summed E-state index contributed by atoms with van der Waals surface area (Å²) in [6.45, 7) is 5.81. The molecular formula is C10H10F2N2O2S. The summed E-state index contributed by atoms with van der Waals surface area (Å²) < 4.78 is 33.8. The molecule has 3 rings (SSSR count). The summed E-state index contributed by atoms with van der Waals surface area (Å²) in [7, 11) is 0. The Kier molecular flexibility index (Phi) is 2.86. The van der Waals surface area contributed by atoms with Gasteiger partial charge in [-0.1, -0.05) is 25.2 Å². The number of hydrogen-bond acceptors (Lipinski definition) is 5. The van der Waals surface area contributed by atoms with Crippen molar-refractivity contribution in [3.8, 4) is 11.6 Å². The molecule has 0 unspecified atom stereocenters. The molecule has 4 nitrogen and oxygen atoms in total. The molecule has 1 aliphatic rings. The van der Waals surface area contributed by atoms with Crippen LogP contribution in [0.15, 0.2) is 6.07 Å². The minimum atomic E-state index is -3.62. The zero-order valence-electron chi connectivity index (χ0n) is 9.45. The Balaban J connectivity index is 0.000000514. The lowest BCUT2D eigenvalue weighted by Crippen LogP contribution is -2.26. The third kappa shape index (κ3) is 2.14. The molecule has 0 aliphatic carbocycles. The van der Waals surface area contributed by atoms with Crippen LogP contribution >= 0.6 is 11.3 Å². The van der Waals surface area contributed by atoms with Crippen molar-refractivity contribution in [1.82, 2.24) is 9.97 Å². The fourth-order valence-electron chi connectivity index (χ4n) is 1.35. The van der Waals surface area contributed by atoms with E-state index in [9.17, 15) is 8.78 Å². The van der Waals surface area contributed by atoms with Gasteiger partial charge < -0.3 is 9.47 Å². The van der Waals surface area contributed by atoms with E-state index in [1.165, 1.54) is 17.4 Å². The van der Waals surface area contributed by atoms with Crippen molar-refractivity contribution >= 4 is 21.7 Å². The van der Waals surface area contributed by atoms with Gasteiger partial charge in [0.05, 0.1) is 5.01 Å². The molecule has 0 amide bonds. The monoisotopic (exact) mass is 260 g/mol. The van der Waals surface area contributed by atoms with Crippen LogP contribution in [0.4, 0.5) is 8.78 Å². The Morgan fingerprint density at radius 1 is 1.24 bits per heavy atom. The SMILES string of the molecule is CC.Cc1nc2cc3c(nc2s1)OC(F)(F)O3. The first kappa shape index (κ1) is 12.0. The van der Waals surface area contributed by atoms with E-state index in [2.05, 4.69) is 19.4 Å². The molecule has 0 saturated heterocycles. The highest BCUT2D eigenvalue weighted by atomic mass is 32.1. The summed E-state index contributed by atoms with van der Waals surface area (Å²) in [5.74, 6) is -0.256. The van der Waals surface area contributed by atoms with Crippen LogP contribution in [0.1, 0.15) is 18.9 Å². The van der Waals surface area contributed by atoms with Gasteiger partial charge in [0.1, 0.15) is 10.3 Å². The molecule has 0 fully saturated rings. The molecule has 0 aromatic carbocycles. The van der Waals surface area contributed by atoms with E-state index < -0.39 is 6.29 Å². The van der Waals surface area contributed by atoms with Crippen molar-refractivity contribution < 1.29 is 18.3 Å². The fourth-order valence-corrected chi connectivity index (χ4v) is 2.11. The van der Waals surface area contributed by atoms with Gasteiger partial charge in [0.15, 0.2) is 5.75 Å². The molecule has 0 saturated carbocycles. The number of alkyl halides is 2.